The molecule has 1 aromatic carbocycles. The number of nitrogens with two attached hydrogens (primary N) is 1. The molecule has 5 nitrogen and oxygen atoms in total. The number of hydrogen-bond donors (Lipinski definition) is 1. The van der Waals surface area contributed by atoms with Crippen molar-refractivity contribution < 1.29 is 14.3 Å². The van der Waals surface area contributed by atoms with Gasteiger partial charge in [-0.05, 0) is 31.2 Å². The van der Waals surface area contributed by atoms with E-state index in [2.05, 4.69) is 0 Å². The van der Waals surface area contributed by atoms with Crippen molar-refractivity contribution in [3.8, 4) is 5.75 Å². The minimum Gasteiger partial charge on any atom is -0.484 e. The fraction of sp³-hybridized carbons (Fsp3) is 0.462. The molecule has 98 valence electrons. The van der Waals surface area contributed by atoms with Gasteiger partial charge in [0, 0.05) is 18.8 Å². The van der Waals surface area contributed by atoms with E-state index in [-0.39, 0.29) is 18.6 Å². The Morgan fingerprint density at radius 2 is 2.22 bits per heavy atom. The van der Waals surface area contributed by atoms with Gasteiger partial charge in [0.25, 0.3) is 5.91 Å². The van der Waals surface area contributed by atoms with Crippen LogP contribution in [0.25, 0.3) is 0 Å². The number of ether oxygens (including phenoxy) is 2. The standard InChI is InChI=1S/C13H18N2O3/c1-10-8-15(6-7-17-10)13(16)9-18-12-4-2-11(14)3-5-12/h2-5,10H,6-9,14H2,1H3. The van der Waals surface area contributed by atoms with Gasteiger partial charge in [-0.15, -0.1) is 0 Å². The number of nitrogen functional groups attached to an aromatic ring is 1. The summed E-state index contributed by atoms with van der Waals surface area (Å²) in [6.45, 7) is 3.86. The molecule has 1 atom stereocenters. The van der Waals surface area contributed by atoms with Crippen LogP contribution in [-0.2, 0) is 9.53 Å². The van der Waals surface area contributed by atoms with Gasteiger partial charge in [0.1, 0.15) is 5.75 Å². The molecule has 5 heteroatoms. The summed E-state index contributed by atoms with van der Waals surface area (Å²) in [6.07, 6.45) is 0.0965. The van der Waals surface area contributed by atoms with E-state index in [1.165, 1.54) is 0 Å². The lowest BCUT2D eigenvalue weighted by Crippen LogP contribution is -2.46. The lowest BCUT2D eigenvalue weighted by molar-refractivity contribution is -0.140. The molecule has 2 N–H and O–H groups in total. The molecular weight excluding hydrogens is 232 g/mol. The van der Waals surface area contributed by atoms with Crippen molar-refractivity contribution in [1.29, 1.82) is 0 Å². The summed E-state index contributed by atoms with van der Waals surface area (Å²) < 4.78 is 10.8. The average molecular weight is 250 g/mol. The minimum atomic E-state index is -0.0121. The average Bonchev–Trinajstić information content (AvgIpc) is 2.38. The Labute approximate surface area is 106 Å². The first-order valence-electron chi connectivity index (χ1n) is 6.03. The van der Waals surface area contributed by atoms with Crippen LogP contribution in [0.5, 0.6) is 5.75 Å². The van der Waals surface area contributed by atoms with E-state index in [1.54, 1.807) is 29.2 Å². The first-order chi connectivity index (χ1) is 8.65. The number of benzene rings is 1. The van der Waals surface area contributed by atoms with E-state index >= 15 is 0 Å². The van der Waals surface area contributed by atoms with Crippen molar-refractivity contribution in [1.82, 2.24) is 4.90 Å². The summed E-state index contributed by atoms with van der Waals surface area (Å²) in [5.41, 5.74) is 6.25. The van der Waals surface area contributed by atoms with Gasteiger partial charge in [-0.25, -0.2) is 0 Å². The zero-order valence-electron chi connectivity index (χ0n) is 10.5. The highest BCUT2D eigenvalue weighted by Gasteiger charge is 2.21. The van der Waals surface area contributed by atoms with Crippen LogP contribution < -0.4 is 10.5 Å². The quantitative estimate of drug-likeness (QED) is 0.809. The molecule has 18 heavy (non-hydrogen) atoms. The van der Waals surface area contributed by atoms with Gasteiger partial charge in [0.15, 0.2) is 6.61 Å². The molecule has 1 aliphatic heterocycles. The summed E-state index contributed by atoms with van der Waals surface area (Å²) in [7, 11) is 0. The van der Waals surface area contributed by atoms with E-state index in [0.29, 0.717) is 31.1 Å². The second kappa shape index (κ2) is 5.73. The van der Waals surface area contributed by atoms with E-state index in [1.807, 2.05) is 6.92 Å². The third-order valence-corrected chi connectivity index (χ3v) is 2.84. The number of hydrogen-bond acceptors (Lipinski definition) is 4. The number of rotatable bonds is 3. The summed E-state index contributed by atoms with van der Waals surface area (Å²) in [5.74, 6) is 0.640. The monoisotopic (exact) mass is 250 g/mol. The molecule has 0 spiro atoms. The summed E-state index contributed by atoms with van der Waals surface area (Å²) in [5, 5.41) is 0. The van der Waals surface area contributed by atoms with Gasteiger partial charge >= 0.3 is 0 Å². The molecule has 0 radical (unpaired) electrons. The SMILES string of the molecule is CC1CN(C(=O)COc2ccc(N)cc2)CCO1. The van der Waals surface area contributed by atoms with Crippen LogP contribution in [0, 0.1) is 0 Å². The molecular formula is C13H18N2O3. The van der Waals surface area contributed by atoms with E-state index < -0.39 is 0 Å². The van der Waals surface area contributed by atoms with Gasteiger partial charge in [0.2, 0.25) is 0 Å². The molecule has 0 bridgehead atoms. The predicted octanol–water partition coefficient (Wildman–Crippen LogP) is 0.895. The van der Waals surface area contributed by atoms with Crippen molar-refractivity contribution in [2.45, 2.75) is 13.0 Å². The van der Waals surface area contributed by atoms with Crippen LogP contribution in [-0.4, -0.2) is 43.2 Å². The van der Waals surface area contributed by atoms with Gasteiger partial charge < -0.3 is 20.1 Å². The van der Waals surface area contributed by atoms with Gasteiger partial charge in [-0.2, -0.15) is 0 Å². The Morgan fingerprint density at radius 3 is 2.89 bits per heavy atom. The lowest BCUT2D eigenvalue weighted by atomic mass is 10.3. The second-order valence-electron chi connectivity index (χ2n) is 4.38. The van der Waals surface area contributed by atoms with Crippen molar-refractivity contribution >= 4 is 11.6 Å². The highest BCUT2D eigenvalue weighted by molar-refractivity contribution is 5.77. The molecule has 1 amide bonds. The Bertz CT molecular complexity index is 405. The number of anilines is 1. The maximum Gasteiger partial charge on any atom is 0.260 e. The van der Waals surface area contributed by atoms with E-state index in [4.69, 9.17) is 15.2 Å². The van der Waals surface area contributed by atoms with E-state index in [0.717, 1.165) is 0 Å². The fourth-order valence-corrected chi connectivity index (χ4v) is 1.85. The largest absolute Gasteiger partial charge is 0.484 e. The first kappa shape index (κ1) is 12.7. The molecule has 2 rings (SSSR count). The van der Waals surface area contributed by atoms with E-state index in [9.17, 15) is 4.79 Å². The number of carbonyl (C=O) groups excluding carboxylic acids is 1. The Hall–Kier alpha value is -1.75. The van der Waals surface area contributed by atoms with Crippen LogP contribution >= 0.6 is 0 Å². The Morgan fingerprint density at radius 1 is 1.50 bits per heavy atom. The van der Waals surface area contributed by atoms with Crippen LogP contribution in [0.15, 0.2) is 24.3 Å². The summed E-state index contributed by atoms with van der Waals surface area (Å²) >= 11 is 0. The lowest BCUT2D eigenvalue weighted by Gasteiger charge is -2.31. The molecule has 1 heterocycles. The fourth-order valence-electron chi connectivity index (χ4n) is 1.85. The predicted molar refractivity (Wildman–Crippen MR) is 68.3 cm³/mol. The minimum absolute atomic E-state index is 0.0121. The molecule has 0 saturated carbocycles. The topological polar surface area (TPSA) is 64.8 Å². The molecule has 1 aliphatic rings. The van der Waals surface area contributed by atoms with Crippen molar-refractivity contribution in [3.05, 3.63) is 24.3 Å². The number of morpholine rings is 1. The molecule has 1 saturated heterocycles. The van der Waals surface area contributed by atoms with Gasteiger partial charge in [-0.1, -0.05) is 0 Å². The zero-order valence-corrected chi connectivity index (χ0v) is 10.5. The van der Waals surface area contributed by atoms with Crippen LogP contribution in [0.2, 0.25) is 0 Å². The summed E-state index contributed by atoms with van der Waals surface area (Å²) in [4.78, 5) is 13.7. The van der Waals surface area contributed by atoms with Crippen molar-refractivity contribution in [2.75, 3.05) is 32.0 Å². The normalized spacial score (nSPS) is 19.6. The Kier molecular flexibility index (Phi) is 4.04. The van der Waals surface area contributed by atoms with Crippen LogP contribution in [0.1, 0.15) is 6.92 Å². The molecule has 1 unspecified atom stereocenters. The van der Waals surface area contributed by atoms with Crippen LogP contribution in [0.3, 0.4) is 0 Å². The van der Waals surface area contributed by atoms with Crippen molar-refractivity contribution in [2.24, 2.45) is 0 Å². The molecule has 1 aromatic rings. The zero-order chi connectivity index (χ0) is 13.0. The van der Waals surface area contributed by atoms with Gasteiger partial charge in [0.05, 0.1) is 12.7 Å². The molecule has 1 fully saturated rings. The molecule has 0 aliphatic carbocycles. The van der Waals surface area contributed by atoms with Gasteiger partial charge in [-0.3, -0.25) is 4.79 Å². The number of amides is 1. The first-order valence-corrected chi connectivity index (χ1v) is 6.03. The third kappa shape index (κ3) is 3.37. The summed E-state index contributed by atoms with van der Waals surface area (Å²) in [6, 6.07) is 7.00. The molecule has 0 aromatic heterocycles. The highest BCUT2D eigenvalue weighted by Crippen LogP contribution is 2.13. The second-order valence-corrected chi connectivity index (χ2v) is 4.38. The maximum atomic E-state index is 11.9. The smallest absolute Gasteiger partial charge is 0.260 e. The Balaban J connectivity index is 1.82. The number of carbonyl (C=O) groups is 1. The highest BCUT2D eigenvalue weighted by atomic mass is 16.5. The third-order valence-electron chi connectivity index (χ3n) is 2.84. The maximum absolute atomic E-state index is 11.9. The number of nitrogens with zero attached hydrogens (tertiary/aromatic N) is 1. The van der Waals surface area contributed by atoms with Crippen molar-refractivity contribution in [3.63, 3.8) is 0 Å². The van der Waals surface area contributed by atoms with Crippen LogP contribution in [0.4, 0.5) is 5.69 Å².